The van der Waals surface area contributed by atoms with Gasteiger partial charge in [-0.2, -0.15) is 5.10 Å². The van der Waals surface area contributed by atoms with Crippen molar-refractivity contribution in [3.8, 4) is 5.75 Å². The summed E-state index contributed by atoms with van der Waals surface area (Å²) in [6.45, 7) is 3.81. The van der Waals surface area contributed by atoms with Gasteiger partial charge in [0.15, 0.2) is 0 Å². The molecule has 1 aliphatic heterocycles. The van der Waals surface area contributed by atoms with Crippen molar-refractivity contribution in [2.75, 3.05) is 13.2 Å². The number of ether oxygens (including phenoxy) is 1. The van der Waals surface area contributed by atoms with E-state index in [1.165, 1.54) is 10.5 Å². The molecule has 0 saturated carbocycles. The predicted octanol–water partition coefficient (Wildman–Crippen LogP) is 2.62. The van der Waals surface area contributed by atoms with Crippen LogP contribution in [0.4, 0.5) is 0 Å². The SMILES string of the molecule is CCNC1c2ccccc2OCC1Sc1cnn(C)c1. The molecule has 0 radical (unpaired) electrons. The zero-order chi connectivity index (χ0) is 13.9. The first-order valence-corrected chi connectivity index (χ1v) is 7.76. The van der Waals surface area contributed by atoms with Crippen LogP contribution in [0.1, 0.15) is 18.5 Å². The summed E-state index contributed by atoms with van der Waals surface area (Å²) in [5.74, 6) is 1.00. The Morgan fingerprint density at radius 1 is 1.45 bits per heavy atom. The average Bonchev–Trinajstić information content (AvgIpc) is 2.87. The molecule has 1 aliphatic rings. The molecule has 0 spiro atoms. The third-order valence-electron chi connectivity index (χ3n) is 3.42. The van der Waals surface area contributed by atoms with E-state index in [9.17, 15) is 0 Å². The van der Waals surface area contributed by atoms with Crippen LogP contribution in [0.15, 0.2) is 41.6 Å². The van der Waals surface area contributed by atoms with Crippen LogP contribution in [-0.2, 0) is 7.05 Å². The van der Waals surface area contributed by atoms with Crippen molar-refractivity contribution in [2.24, 2.45) is 7.05 Å². The lowest BCUT2D eigenvalue weighted by atomic mass is 10.0. The second kappa shape index (κ2) is 5.89. The first-order valence-electron chi connectivity index (χ1n) is 6.88. The molecule has 2 atom stereocenters. The highest BCUT2D eigenvalue weighted by atomic mass is 32.2. The molecule has 0 aliphatic carbocycles. The molecule has 0 bridgehead atoms. The van der Waals surface area contributed by atoms with Gasteiger partial charge >= 0.3 is 0 Å². The number of fused-ring (bicyclic) bond motifs is 1. The van der Waals surface area contributed by atoms with E-state index in [4.69, 9.17) is 4.74 Å². The Morgan fingerprint density at radius 2 is 2.30 bits per heavy atom. The van der Waals surface area contributed by atoms with E-state index in [0.29, 0.717) is 17.9 Å². The van der Waals surface area contributed by atoms with Crippen LogP contribution in [0.3, 0.4) is 0 Å². The third-order valence-corrected chi connectivity index (χ3v) is 4.62. The number of rotatable bonds is 4. The molecule has 4 nitrogen and oxygen atoms in total. The molecule has 0 fully saturated rings. The Morgan fingerprint density at radius 3 is 3.05 bits per heavy atom. The molecular formula is C15H19N3OS. The van der Waals surface area contributed by atoms with Gasteiger partial charge in [-0.15, -0.1) is 11.8 Å². The lowest BCUT2D eigenvalue weighted by Crippen LogP contribution is -2.37. The fourth-order valence-electron chi connectivity index (χ4n) is 2.54. The van der Waals surface area contributed by atoms with Crippen LogP contribution < -0.4 is 10.1 Å². The minimum absolute atomic E-state index is 0.315. The Hall–Kier alpha value is -1.46. The monoisotopic (exact) mass is 289 g/mol. The van der Waals surface area contributed by atoms with Gasteiger partial charge in [0.05, 0.1) is 17.5 Å². The highest BCUT2D eigenvalue weighted by molar-refractivity contribution is 8.00. The Bertz CT molecular complexity index is 584. The smallest absolute Gasteiger partial charge is 0.124 e. The first-order chi connectivity index (χ1) is 9.78. The molecule has 1 N–H and O–H groups in total. The highest BCUT2D eigenvalue weighted by Gasteiger charge is 2.31. The Kier molecular flexibility index (Phi) is 3.98. The molecule has 5 heteroatoms. The van der Waals surface area contributed by atoms with E-state index < -0.39 is 0 Å². The highest BCUT2D eigenvalue weighted by Crippen LogP contribution is 2.39. The maximum atomic E-state index is 5.90. The lowest BCUT2D eigenvalue weighted by Gasteiger charge is -2.33. The largest absolute Gasteiger partial charge is 0.492 e. The lowest BCUT2D eigenvalue weighted by molar-refractivity contribution is 0.261. The summed E-state index contributed by atoms with van der Waals surface area (Å²) in [7, 11) is 1.94. The number of para-hydroxylation sites is 1. The van der Waals surface area contributed by atoms with Gasteiger partial charge in [0, 0.05) is 23.7 Å². The molecule has 2 unspecified atom stereocenters. The molecule has 0 saturated heterocycles. The van der Waals surface area contributed by atoms with Crippen LogP contribution in [0, 0.1) is 0 Å². The van der Waals surface area contributed by atoms with Crippen molar-refractivity contribution in [3.63, 3.8) is 0 Å². The molecule has 20 heavy (non-hydrogen) atoms. The number of nitrogens with one attached hydrogen (secondary N) is 1. The molecule has 106 valence electrons. The molecule has 2 heterocycles. The molecule has 0 amide bonds. The van der Waals surface area contributed by atoms with Crippen molar-refractivity contribution >= 4 is 11.8 Å². The van der Waals surface area contributed by atoms with Gasteiger partial charge in [-0.25, -0.2) is 0 Å². The summed E-state index contributed by atoms with van der Waals surface area (Å²) < 4.78 is 7.74. The zero-order valence-corrected chi connectivity index (χ0v) is 12.6. The number of hydrogen-bond acceptors (Lipinski definition) is 4. The van der Waals surface area contributed by atoms with Gasteiger partial charge in [0.25, 0.3) is 0 Å². The van der Waals surface area contributed by atoms with E-state index in [2.05, 4.69) is 29.5 Å². The van der Waals surface area contributed by atoms with Crippen molar-refractivity contribution in [1.29, 1.82) is 0 Å². The maximum absolute atomic E-state index is 5.90. The fraction of sp³-hybridized carbons (Fsp3) is 0.400. The number of aromatic nitrogens is 2. The number of aryl methyl sites for hydroxylation is 1. The maximum Gasteiger partial charge on any atom is 0.124 e. The van der Waals surface area contributed by atoms with E-state index in [1.54, 1.807) is 0 Å². The Balaban J connectivity index is 1.84. The van der Waals surface area contributed by atoms with Gasteiger partial charge < -0.3 is 10.1 Å². The number of hydrogen-bond donors (Lipinski definition) is 1. The predicted molar refractivity (Wildman–Crippen MR) is 81.2 cm³/mol. The summed E-state index contributed by atoms with van der Waals surface area (Å²) in [4.78, 5) is 1.18. The normalized spacial score (nSPS) is 21.3. The van der Waals surface area contributed by atoms with E-state index in [-0.39, 0.29) is 0 Å². The van der Waals surface area contributed by atoms with Gasteiger partial charge in [0.2, 0.25) is 0 Å². The number of benzene rings is 1. The molecule has 1 aromatic carbocycles. The van der Waals surface area contributed by atoms with Crippen LogP contribution in [-0.4, -0.2) is 28.2 Å². The van der Waals surface area contributed by atoms with Crippen LogP contribution in [0.5, 0.6) is 5.75 Å². The second-order valence-electron chi connectivity index (χ2n) is 4.89. The number of nitrogens with zero attached hydrogens (tertiary/aromatic N) is 2. The van der Waals surface area contributed by atoms with Crippen molar-refractivity contribution in [1.82, 2.24) is 15.1 Å². The summed E-state index contributed by atoms with van der Waals surface area (Å²) in [5.41, 5.74) is 1.25. The van der Waals surface area contributed by atoms with Crippen molar-refractivity contribution in [2.45, 2.75) is 23.1 Å². The van der Waals surface area contributed by atoms with Crippen molar-refractivity contribution < 1.29 is 4.74 Å². The second-order valence-corrected chi connectivity index (χ2v) is 6.20. The van der Waals surface area contributed by atoms with E-state index in [0.717, 1.165) is 12.3 Å². The van der Waals surface area contributed by atoms with Crippen LogP contribution >= 0.6 is 11.8 Å². The summed E-state index contributed by atoms with van der Waals surface area (Å²) in [6, 6.07) is 8.61. The minimum atomic E-state index is 0.315. The van der Waals surface area contributed by atoms with Crippen molar-refractivity contribution in [3.05, 3.63) is 42.2 Å². The van der Waals surface area contributed by atoms with Gasteiger partial charge in [-0.1, -0.05) is 25.1 Å². The fourth-order valence-corrected chi connectivity index (χ4v) is 3.72. The van der Waals surface area contributed by atoms with Gasteiger partial charge in [-0.05, 0) is 12.6 Å². The minimum Gasteiger partial charge on any atom is -0.492 e. The molecule has 1 aromatic heterocycles. The quantitative estimate of drug-likeness (QED) is 0.939. The standard InChI is InChI=1S/C15H19N3OS/c1-3-16-15-12-6-4-5-7-13(12)19-10-14(15)20-11-8-17-18(2)9-11/h4-9,14-16H,3,10H2,1-2H3. The number of thioether (sulfide) groups is 1. The zero-order valence-electron chi connectivity index (χ0n) is 11.7. The molecule has 3 rings (SSSR count). The molecular weight excluding hydrogens is 270 g/mol. The van der Waals surface area contributed by atoms with Crippen LogP contribution in [0.2, 0.25) is 0 Å². The topological polar surface area (TPSA) is 39.1 Å². The van der Waals surface area contributed by atoms with Crippen LogP contribution in [0.25, 0.3) is 0 Å². The summed E-state index contributed by atoms with van der Waals surface area (Å²) in [5, 5.41) is 8.18. The summed E-state index contributed by atoms with van der Waals surface area (Å²) in [6.07, 6.45) is 3.96. The van der Waals surface area contributed by atoms with Gasteiger partial charge in [0.1, 0.15) is 12.4 Å². The van der Waals surface area contributed by atoms with E-state index in [1.807, 2.05) is 48.0 Å². The van der Waals surface area contributed by atoms with Gasteiger partial charge in [-0.3, -0.25) is 4.68 Å². The average molecular weight is 289 g/mol. The first kappa shape index (κ1) is 13.5. The van der Waals surface area contributed by atoms with E-state index >= 15 is 0 Å². The Labute approximate surface area is 123 Å². The third kappa shape index (κ3) is 2.69. The summed E-state index contributed by atoms with van der Waals surface area (Å²) >= 11 is 1.83. The molecule has 2 aromatic rings.